The zero-order valence-electron chi connectivity index (χ0n) is 23.4. The van der Waals surface area contributed by atoms with Crippen molar-refractivity contribution in [1.29, 1.82) is 0 Å². The molecule has 3 aromatic rings. The number of nitrogens with one attached hydrogen (secondary N) is 1. The third-order valence-electron chi connectivity index (χ3n) is 7.24. The highest BCUT2D eigenvalue weighted by atomic mass is 16.5. The summed E-state index contributed by atoms with van der Waals surface area (Å²) in [6, 6.07) is 18.0. The Balaban J connectivity index is 1.62. The smallest absolute Gasteiger partial charge is 0.234 e. The number of hydrogen-bond donors (Lipinski definition) is 1. The summed E-state index contributed by atoms with van der Waals surface area (Å²) in [6.45, 7) is 1.60. The number of ether oxygens (including phenoxy) is 5. The summed E-state index contributed by atoms with van der Waals surface area (Å²) in [5.41, 5.74) is 4.44. The maximum absolute atomic E-state index is 13.1. The number of fused-ring (bicyclic) bond motifs is 1. The number of rotatable bonds is 12. The lowest BCUT2D eigenvalue weighted by Gasteiger charge is -2.38. The van der Waals surface area contributed by atoms with Gasteiger partial charge in [0.2, 0.25) is 11.7 Å². The molecule has 0 bridgehead atoms. The van der Waals surface area contributed by atoms with Crippen molar-refractivity contribution in [2.45, 2.75) is 25.3 Å². The molecule has 1 atom stereocenters. The molecule has 1 amide bonds. The Hall–Kier alpha value is -3.91. The lowest BCUT2D eigenvalue weighted by Crippen LogP contribution is -2.43. The van der Waals surface area contributed by atoms with Crippen LogP contribution in [0.15, 0.2) is 54.6 Å². The van der Waals surface area contributed by atoms with Gasteiger partial charge in [-0.15, -0.1) is 0 Å². The van der Waals surface area contributed by atoms with Crippen molar-refractivity contribution < 1.29 is 28.5 Å². The number of nitrogens with zero attached hydrogens (tertiary/aromatic N) is 1. The maximum Gasteiger partial charge on any atom is 0.234 e. The van der Waals surface area contributed by atoms with Crippen LogP contribution in [0.1, 0.15) is 28.3 Å². The van der Waals surface area contributed by atoms with E-state index in [0.29, 0.717) is 41.7 Å². The topological polar surface area (TPSA) is 78.5 Å². The molecule has 8 heteroatoms. The summed E-state index contributed by atoms with van der Waals surface area (Å²) in [7, 11) is 8.11. The van der Waals surface area contributed by atoms with E-state index in [1.807, 2.05) is 42.5 Å². The Morgan fingerprint density at radius 1 is 0.846 bits per heavy atom. The monoisotopic (exact) mass is 534 g/mol. The molecule has 0 aliphatic carbocycles. The van der Waals surface area contributed by atoms with Crippen LogP contribution >= 0.6 is 0 Å². The number of methoxy groups -OCH3 is 5. The Kier molecular flexibility index (Phi) is 9.54. The third kappa shape index (κ3) is 6.40. The maximum atomic E-state index is 13.1. The van der Waals surface area contributed by atoms with Crippen LogP contribution in [-0.2, 0) is 24.1 Å². The van der Waals surface area contributed by atoms with Crippen molar-refractivity contribution in [3.63, 3.8) is 0 Å². The fraction of sp³-hybridized carbons (Fsp3) is 0.387. The molecule has 1 heterocycles. The van der Waals surface area contributed by atoms with E-state index in [2.05, 4.69) is 22.3 Å². The van der Waals surface area contributed by atoms with Crippen LogP contribution in [0.4, 0.5) is 0 Å². The molecule has 1 N–H and O–H groups in total. The summed E-state index contributed by atoms with van der Waals surface area (Å²) in [6.07, 6.45) is 2.19. The molecule has 0 fully saturated rings. The molecule has 0 spiro atoms. The van der Waals surface area contributed by atoms with Gasteiger partial charge in [-0.2, -0.15) is 0 Å². The van der Waals surface area contributed by atoms with Crippen molar-refractivity contribution in [3.8, 4) is 28.7 Å². The van der Waals surface area contributed by atoms with Crippen LogP contribution in [-0.4, -0.2) is 66.0 Å². The van der Waals surface area contributed by atoms with Crippen molar-refractivity contribution in [1.82, 2.24) is 10.2 Å². The Morgan fingerprint density at radius 2 is 1.54 bits per heavy atom. The van der Waals surface area contributed by atoms with E-state index in [0.717, 1.165) is 30.5 Å². The normalized spacial score (nSPS) is 14.7. The van der Waals surface area contributed by atoms with Gasteiger partial charge < -0.3 is 29.0 Å². The van der Waals surface area contributed by atoms with Crippen LogP contribution < -0.4 is 29.0 Å². The minimum absolute atomic E-state index is 0.000802. The van der Waals surface area contributed by atoms with Crippen molar-refractivity contribution in [3.05, 3.63) is 76.9 Å². The van der Waals surface area contributed by atoms with Crippen molar-refractivity contribution in [2.75, 3.05) is 55.2 Å². The summed E-state index contributed by atoms with van der Waals surface area (Å²) < 4.78 is 28.1. The lowest BCUT2D eigenvalue weighted by atomic mass is 9.87. The number of hydrogen-bond acceptors (Lipinski definition) is 7. The predicted molar refractivity (Wildman–Crippen MR) is 151 cm³/mol. The number of amides is 1. The molecular formula is C31H38N2O6. The Bertz CT molecular complexity index is 1260. The summed E-state index contributed by atoms with van der Waals surface area (Å²) >= 11 is 0. The quantitative estimate of drug-likeness (QED) is 0.373. The molecule has 8 nitrogen and oxygen atoms in total. The van der Waals surface area contributed by atoms with Crippen LogP contribution in [0.3, 0.4) is 0 Å². The van der Waals surface area contributed by atoms with Crippen LogP contribution in [0.2, 0.25) is 0 Å². The van der Waals surface area contributed by atoms with E-state index >= 15 is 0 Å². The molecule has 0 saturated heterocycles. The molecule has 39 heavy (non-hydrogen) atoms. The van der Waals surface area contributed by atoms with E-state index in [9.17, 15) is 4.79 Å². The van der Waals surface area contributed by atoms with E-state index in [1.54, 1.807) is 35.5 Å². The van der Waals surface area contributed by atoms with Crippen molar-refractivity contribution >= 4 is 5.91 Å². The molecule has 0 radical (unpaired) electrons. The lowest BCUT2D eigenvalue weighted by molar-refractivity contribution is -0.122. The van der Waals surface area contributed by atoms with Crippen LogP contribution in [0.25, 0.3) is 0 Å². The molecule has 1 aliphatic rings. The summed E-state index contributed by atoms with van der Waals surface area (Å²) in [4.78, 5) is 15.3. The first-order valence-electron chi connectivity index (χ1n) is 13.1. The average molecular weight is 535 g/mol. The van der Waals surface area contributed by atoms with Gasteiger partial charge in [0.1, 0.15) is 0 Å². The van der Waals surface area contributed by atoms with Gasteiger partial charge in [-0.3, -0.25) is 9.69 Å². The molecule has 3 aromatic carbocycles. The zero-order valence-corrected chi connectivity index (χ0v) is 23.4. The molecule has 1 aliphatic heterocycles. The second-order valence-electron chi connectivity index (χ2n) is 9.43. The van der Waals surface area contributed by atoms with Crippen molar-refractivity contribution in [2.24, 2.45) is 0 Å². The first-order chi connectivity index (χ1) is 19.0. The van der Waals surface area contributed by atoms with Gasteiger partial charge in [-0.25, -0.2) is 0 Å². The van der Waals surface area contributed by atoms with Crippen LogP contribution in [0.5, 0.6) is 28.7 Å². The fourth-order valence-electron chi connectivity index (χ4n) is 5.27. The first kappa shape index (κ1) is 28.1. The van der Waals surface area contributed by atoms with Gasteiger partial charge in [0.25, 0.3) is 0 Å². The highest BCUT2D eigenvalue weighted by Gasteiger charge is 2.32. The van der Waals surface area contributed by atoms with Gasteiger partial charge in [-0.1, -0.05) is 36.4 Å². The molecule has 0 aromatic heterocycles. The first-order valence-corrected chi connectivity index (χ1v) is 13.1. The van der Waals surface area contributed by atoms with Gasteiger partial charge in [0, 0.05) is 24.7 Å². The van der Waals surface area contributed by atoms with Gasteiger partial charge in [-0.05, 0) is 54.2 Å². The summed E-state index contributed by atoms with van der Waals surface area (Å²) in [5, 5.41) is 3.10. The zero-order chi connectivity index (χ0) is 27.8. The van der Waals surface area contributed by atoms with Gasteiger partial charge in [0.15, 0.2) is 23.0 Å². The summed E-state index contributed by atoms with van der Waals surface area (Å²) in [5.74, 6) is 3.13. The molecule has 208 valence electrons. The largest absolute Gasteiger partial charge is 0.493 e. The molecule has 1 unspecified atom stereocenters. The molecule has 4 rings (SSSR count). The Morgan fingerprint density at radius 3 is 2.21 bits per heavy atom. The molecular weight excluding hydrogens is 496 g/mol. The van der Waals surface area contributed by atoms with E-state index < -0.39 is 0 Å². The molecule has 0 saturated carbocycles. The highest BCUT2D eigenvalue weighted by molar-refractivity contribution is 5.78. The predicted octanol–water partition coefficient (Wildman–Crippen LogP) is 4.23. The number of carbonyl (C=O) groups excluding carboxylic acids is 1. The number of carbonyl (C=O) groups is 1. The second-order valence-corrected chi connectivity index (χ2v) is 9.43. The number of benzene rings is 3. The van der Waals surface area contributed by atoms with E-state index in [4.69, 9.17) is 23.7 Å². The fourth-order valence-corrected chi connectivity index (χ4v) is 5.27. The van der Waals surface area contributed by atoms with Gasteiger partial charge in [0.05, 0.1) is 42.1 Å². The minimum atomic E-state index is -0.0968. The highest BCUT2D eigenvalue weighted by Crippen LogP contribution is 2.44. The van der Waals surface area contributed by atoms with Crippen LogP contribution in [0, 0.1) is 0 Å². The minimum Gasteiger partial charge on any atom is -0.493 e. The van der Waals surface area contributed by atoms with Gasteiger partial charge >= 0.3 is 0 Å². The average Bonchev–Trinajstić information content (AvgIpc) is 2.97. The standard InChI is InChI=1S/C31H38N2O6/c1-35-26-12-11-23(30(38-4)31(26)39-5)17-25-24-19-28(37-3)27(36-2)18-22(24)14-16-33(25)20-29(34)32-15-13-21-9-7-6-8-10-21/h6-12,18-19,25H,13-17,20H2,1-5H3,(H,32,34). The SMILES string of the molecule is COc1cc2c(cc1OC)C(Cc1ccc(OC)c(OC)c1OC)N(CC(=O)NCCc1ccccc1)CC2. The van der Waals surface area contributed by atoms with E-state index in [1.165, 1.54) is 11.1 Å². The second kappa shape index (κ2) is 13.2. The Labute approximate surface area is 230 Å². The third-order valence-corrected chi connectivity index (χ3v) is 7.24. The van der Waals surface area contributed by atoms with E-state index in [-0.39, 0.29) is 18.5 Å².